The van der Waals surface area contributed by atoms with Gasteiger partial charge in [0.2, 0.25) is 0 Å². The zero-order valence-corrected chi connectivity index (χ0v) is 15.2. The highest BCUT2D eigenvalue weighted by molar-refractivity contribution is 7.11. The van der Waals surface area contributed by atoms with Crippen molar-refractivity contribution < 1.29 is 9.47 Å². The van der Waals surface area contributed by atoms with Crippen LogP contribution in [0.15, 0.2) is 11.2 Å². The number of aromatic nitrogens is 1. The summed E-state index contributed by atoms with van der Waals surface area (Å²) in [5.74, 6) is 0.809. The third kappa shape index (κ3) is 5.44. The van der Waals surface area contributed by atoms with E-state index >= 15 is 0 Å². The molecule has 2 heterocycles. The Morgan fingerprint density at radius 2 is 2.17 bits per heavy atom. The number of hydrogen-bond donors (Lipinski definition) is 2. The lowest BCUT2D eigenvalue weighted by atomic mass is 9.94. The van der Waals surface area contributed by atoms with E-state index in [9.17, 15) is 0 Å². The molecule has 2 rings (SSSR count). The predicted molar refractivity (Wildman–Crippen MR) is 94.1 cm³/mol. The van der Waals surface area contributed by atoms with Crippen LogP contribution in [-0.4, -0.2) is 50.0 Å². The van der Waals surface area contributed by atoms with E-state index < -0.39 is 0 Å². The predicted octanol–water partition coefficient (Wildman–Crippen LogP) is 1.96. The van der Waals surface area contributed by atoms with Crippen molar-refractivity contribution in [1.82, 2.24) is 15.6 Å². The molecule has 0 atom stereocenters. The lowest BCUT2D eigenvalue weighted by molar-refractivity contribution is -0.0855. The van der Waals surface area contributed by atoms with Gasteiger partial charge in [-0.3, -0.25) is 0 Å². The van der Waals surface area contributed by atoms with E-state index in [1.807, 2.05) is 6.20 Å². The van der Waals surface area contributed by atoms with Gasteiger partial charge in [-0.15, -0.1) is 11.3 Å². The van der Waals surface area contributed by atoms with Gasteiger partial charge >= 0.3 is 0 Å². The fourth-order valence-electron chi connectivity index (χ4n) is 2.51. The van der Waals surface area contributed by atoms with E-state index in [1.165, 1.54) is 4.88 Å². The number of guanidine groups is 1. The molecule has 6 nitrogen and oxygen atoms in total. The van der Waals surface area contributed by atoms with E-state index in [4.69, 9.17) is 9.47 Å². The highest BCUT2D eigenvalue weighted by Crippen LogP contribution is 2.23. The molecule has 0 saturated carbocycles. The molecule has 1 fully saturated rings. The summed E-state index contributed by atoms with van der Waals surface area (Å²) in [6.07, 6.45) is 4.78. The van der Waals surface area contributed by atoms with Crippen molar-refractivity contribution >= 4 is 17.3 Å². The lowest BCUT2D eigenvalue weighted by Crippen LogP contribution is -2.50. The summed E-state index contributed by atoms with van der Waals surface area (Å²) in [5, 5.41) is 7.74. The summed E-state index contributed by atoms with van der Waals surface area (Å²) in [5.41, 5.74) is -0.162. The highest BCUT2D eigenvalue weighted by atomic mass is 32.1. The first-order chi connectivity index (χ1) is 11.2. The Bertz CT molecular complexity index is 498. The van der Waals surface area contributed by atoms with Crippen LogP contribution in [0, 0.1) is 0 Å². The zero-order valence-electron chi connectivity index (χ0n) is 14.4. The van der Waals surface area contributed by atoms with Crippen molar-refractivity contribution in [2.75, 3.05) is 33.4 Å². The molecule has 0 unspecified atom stereocenters. The average Bonchev–Trinajstić information content (AvgIpc) is 3.06. The van der Waals surface area contributed by atoms with Gasteiger partial charge in [-0.1, -0.05) is 6.92 Å². The van der Waals surface area contributed by atoms with Gasteiger partial charge in [0.25, 0.3) is 0 Å². The van der Waals surface area contributed by atoms with Crippen LogP contribution in [0.5, 0.6) is 0 Å². The molecule has 0 amide bonds. The topological polar surface area (TPSA) is 67.8 Å². The number of methoxy groups -OCH3 is 1. The van der Waals surface area contributed by atoms with Gasteiger partial charge in [0, 0.05) is 57.3 Å². The number of rotatable bonds is 7. The van der Waals surface area contributed by atoms with Crippen molar-refractivity contribution in [3.8, 4) is 0 Å². The minimum atomic E-state index is -0.162. The van der Waals surface area contributed by atoms with Crippen LogP contribution >= 0.6 is 11.3 Å². The van der Waals surface area contributed by atoms with Crippen molar-refractivity contribution in [1.29, 1.82) is 0 Å². The second-order valence-electron chi connectivity index (χ2n) is 5.62. The second kappa shape index (κ2) is 9.20. The summed E-state index contributed by atoms with van der Waals surface area (Å²) < 4.78 is 11.2. The Hall–Kier alpha value is -1.18. The largest absolute Gasteiger partial charge is 0.381 e. The van der Waals surface area contributed by atoms with Gasteiger partial charge < -0.3 is 20.1 Å². The second-order valence-corrected chi connectivity index (χ2v) is 6.82. The van der Waals surface area contributed by atoms with Crippen LogP contribution in [0.4, 0.5) is 0 Å². The fourth-order valence-corrected chi connectivity index (χ4v) is 3.30. The SMILES string of the molecule is CCNC(=NCc1ncc(CC)s1)NCC1(OC)CCOCC1. The van der Waals surface area contributed by atoms with E-state index in [0.29, 0.717) is 6.54 Å². The van der Waals surface area contributed by atoms with Crippen molar-refractivity contribution in [2.45, 2.75) is 45.3 Å². The van der Waals surface area contributed by atoms with Crippen LogP contribution in [0.2, 0.25) is 0 Å². The van der Waals surface area contributed by atoms with Gasteiger partial charge in [0.15, 0.2) is 5.96 Å². The molecule has 1 aromatic heterocycles. The van der Waals surface area contributed by atoms with Crippen molar-refractivity contribution in [3.05, 3.63) is 16.1 Å². The van der Waals surface area contributed by atoms with E-state index in [1.54, 1.807) is 18.4 Å². The Morgan fingerprint density at radius 3 is 2.78 bits per heavy atom. The summed E-state index contributed by atoms with van der Waals surface area (Å²) in [6.45, 7) is 7.87. The molecule has 1 aliphatic rings. The standard InChI is InChI=1S/C16H28N4O2S/c1-4-13-10-18-14(23-13)11-19-15(17-5-2)20-12-16(21-3)6-8-22-9-7-16/h10H,4-9,11-12H2,1-3H3,(H2,17,19,20). The van der Waals surface area contributed by atoms with Crippen LogP contribution < -0.4 is 10.6 Å². The number of aryl methyl sites for hydroxylation is 1. The quantitative estimate of drug-likeness (QED) is 0.587. The smallest absolute Gasteiger partial charge is 0.191 e. The first-order valence-electron chi connectivity index (χ1n) is 8.30. The normalized spacial score (nSPS) is 18.0. The molecule has 1 aliphatic heterocycles. The fraction of sp³-hybridized carbons (Fsp3) is 0.750. The summed E-state index contributed by atoms with van der Waals surface area (Å²) in [4.78, 5) is 10.3. The lowest BCUT2D eigenvalue weighted by Gasteiger charge is -2.36. The molecule has 2 N–H and O–H groups in total. The Balaban J connectivity index is 1.92. The Morgan fingerprint density at radius 1 is 1.39 bits per heavy atom. The van der Waals surface area contributed by atoms with Crippen LogP contribution in [0.25, 0.3) is 0 Å². The average molecular weight is 340 g/mol. The summed E-state index contributed by atoms with van der Waals surface area (Å²) in [7, 11) is 1.78. The van der Waals surface area contributed by atoms with Gasteiger partial charge in [-0.2, -0.15) is 0 Å². The highest BCUT2D eigenvalue weighted by Gasteiger charge is 2.32. The molecule has 0 aliphatic carbocycles. The molecular formula is C16H28N4O2S. The number of aliphatic imine (C=N–C) groups is 1. The number of nitrogens with zero attached hydrogens (tertiary/aromatic N) is 2. The van der Waals surface area contributed by atoms with Crippen LogP contribution in [-0.2, 0) is 22.4 Å². The van der Waals surface area contributed by atoms with Crippen LogP contribution in [0.3, 0.4) is 0 Å². The molecule has 1 aromatic rings. The number of nitrogens with one attached hydrogen (secondary N) is 2. The maximum atomic E-state index is 5.75. The Kier molecular flexibility index (Phi) is 7.26. The number of thiazole rings is 1. The Labute approximate surface area is 142 Å². The maximum absolute atomic E-state index is 5.75. The molecule has 1 saturated heterocycles. The first-order valence-corrected chi connectivity index (χ1v) is 9.11. The van der Waals surface area contributed by atoms with Gasteiger partial charge in [0.05, 0.1) is 12.1 Å². The third-order valence-corrected chi connectivity index (χ3v) is 5.21. The molecule has 7 heteroatoms. The van der Waals surface area contributed by atoms with Crippen LogP contribution in [0.1, 0.15) is 36.6 Å². The molecular weight excluding hydrogens is 312 g/mol. The van der Waals surface area contributed by atoms with Gasteiger partial charge in [-0.05, 0) is 13.3 Å². The first kappa shape index (κ1) is 18.2. The van der Waals surface area contributed by atoms with E-state index in [2.05, 4.69) is 34.5 Å². The maximum Gasteiger partial charge on any atom is 0.191 e. The number of ether oxygens (including phenoxy) is 2. The zero-order chi connectivity index (χ0) is 16.5. The third-order valence-electron chi connectivity index (χ3n) is 4.08. The minimum absolute atomic E-state index is 0.162. The van der Waals surface area contributed by atoms with E-state index in [-0.39, 0.29) is 5.60 Å². The summed E-state index contributed by atoms with van der Waals surface area (Å²) in [6, 6.07) is 0. The minimum Gasteiger partial charge on any atom is -0.381 e. The van der Waals surface area contributed by atoms with Crippen molar-refractivity contribution in [2.24, 2.45) is 4.99 Å². The van der Waals surface area contributed by atoms with E-state index in [0.717, 1.165) is 56.5 Å². The molecule has 0 spiro atoms. The molecule has 0 aromatic carbocycles. The summed E-state index contributed by atoms with van der Waals surface area (Å²) >= 11 is 1.73. The monoisotopic (exact) mass is 340 g/mol. The molecule has 0 bridgehead atoms. The molecule has 0 radical (unpaired) electrons. The molecule has 130 valence electrons. The van der Waals surface area contributed by atoms with Gasteiger partial charge in [-0.25, -0.2) is 9.98 Å². The number of hydrogen-bond acceptors (Lipinski definition) is 5. The molecule has 23 heavy (non-hydrogen) atoms. The van der Waals surface area contributed by atoms with Crippen molar-refractivity contribution in [3.63, 3.8) is 0 Å². The van der Waals surface area contributed by atoms with Gasteiger partial charge in [0.1, 0.15) is 5.01 Å².